The zero-order chi connectivity index (χ0) is 10.9. The number of benzene rings is 1. The number of rotatable bonds is 1. The Balaban J connectivity index is 3.32. The van der Waals surface area contributed by atoms with Gasteiger partial charge in [0.2, 0.25) is 0 Å². The van der Waals surface area contributed by atoms with Crippen LogP contribution in [-0.2, 0) is 6.18 Å². The van der Waals surface area contributed by atoms with Crippen LogP contribution < -0.4 is 11.3 Å². The van der Waals surface area contributed by atoms with E-state index in [2.05, 4.69) is 0 Å². The molecule has 0 amide bonds. The van der Waals surface area contributed by atoms with Crippen LogP contribution in [0.25, 0.3) is 0 Å². The minimum Gasteiger partial charge on any atom is -0.323 e. The second kappa shape index (κ2) is 3.84. The largest absolute Gasteiger partial charge is 0.417 e. The Morgan fingerprint density at radius 1 is 1.14 bits per heavy atom. The van der Waals surface area contributed by atoms with Gasteiger partial charge in [0.15, 0.2) is 0 Å². The van der Waals surface area contributed by atoms with Gasteiger partial charge in [-0.25, -0.2) is 0 Å². The van der Waals surface area contributed by atoms with E-state index in [9.17, 15) is 13.2 Å². The predicted molar refractivity (Wildman–Crippen MR) is 49.3 cm³/mol. The number of nitrogens with one attached hydrogen (secondary N) is 1. The maximum atomic E-state index is 12.3. The molecule has 1 rings (SSSR count). The Morgan fingerprint density at radius 2 is 1.71 bits per heavy atom. The van der Waals surface area contributed by atoms with Gasteiger partial charge in [-0.2, -0.15) is 13.2 Å². The van der Waals surface area contributed by atoms with Crippen LogP contribution in [0.5, 0.6) is 0 Å². The molecule has 0 atom stereocenters. The molecule has 0 aliphatic rings. The molecule has 0 unspecified atom stereocenters. The molecule has 3 N–H and O–H groups in total. The first-order valence-electron chi connectivity index (χ1n) is 3.39. The highest BCUT2D eigenvalue weighted by atomic mass is 35.5. The number of hydrazine groups is 1. The predicted octanol–water partition coefficient (Wildman–Crippen LogP) is 3.30. The Bertz CT molecular complexity index is 352. The van der Waals surface area contributed by atoms with Gasteiger partial charge in [-0.3, -0.25) is 5.84 Å². The Labute approximate surface area is 87.8 Å². The fourth-order valence-electron chi connectivity index (χ4n) is 0.877. The van der Waals surface area contributed by atoms with E-state index in [0.29, 0.717) is 0 Å². The fourth-order valence-corrected chi connectivity index (χ4v) is 1.42. The van der Waals surface area contributed by atoms with Gasteiger partial charge in [-0.15, -0.1) is 0 Å². The summed E-state index contributed by atoms with van der Waals surface area (Å²) >= 11 is 10.9. The summed E-state index contributed by atoms with van der Waals surface area (Å²) in [6.45, 7) is 0. The molecule has 0 aliphatic carbocycles. The lowest BCUT2D eigenvalue weighted by Gasteiger charge is -2.11. The molecule has 7 heteroatoms. The molecule has 0 saturated heterocycles. The summed E-state index contributed by atoms with van der Waals surface area (Å²) in [5, 5.41) is -0.424. The number of nitrogens with two attached hydrogens (primary N) is 1. The van der Waals surface area contributed by atoms with E-state index in [1.165, 1.54) is 0 Å². The molecule has 0 bridgehead atoms. The Morgan fingerprint density at radius 3 is 2.14 bits per heavy atom. The van der Waals surface area contributed by atoms with Crippen molar-refractivity contribution in [2.75, 3.05) is 5.43 Å². The zero-order valence-corrected chi connectivity index (χ0v) is 8.13. The van der Waals surface area contributed by atoms with E-state index in [-0.39, 0.29) is 10.7 Å². The molecular formula is C7H5Cl2F3N2. The lowest BCUT2D eigenvalue weighted by atomic mass is 10.2. The first-order valence-corrected chi connectivity index (χ1v) is 4.14. The molecule has 0 aliphatic heterocycles. The van der Waals surface area contributed by atoms with E-state index in [0.717, 1.165) is 12.1 Å². The molecule has 0 fully saturated rings. The normalized spacial score (nSPS) is 11.6. The van der Waals surface area contributed by atoms with Gasteiger partial charge in [0, 0.05) is 0 Å². The van der Waals surface area contributed by atoms with E-state index in [1.807, 2.05) is 5.43 Å². The average Bonchev–Trinajstić information content (AvgIpc) is 2.02. The third kappa shape index (κ3) is 2.23. The van der Waals surface area contributed by atoms with Crippen LogP contribution in [0, 0.1) is 0 Å². The van der Waals surface area contributed by atoms with Crippen molar-refractivity contribution >= 4 is 28.9 Å². The number of hydrogen-bond donors (Lipinski definition) is 2. The summed E-state index contributed by atoms with van der Waals surface area (Å²) in [5.41, 5.74) is 1.04. The summed E-state index contributed by atoms with van der Waals surface area (Å²) < 4.78 is 36.9. The molecule has 1 aromatic carbocycles. The van der Waals surface area contributed by atoms with Crippen LogP contribution in [0.2, 0.25) is 10.0 Å². The van der Waals surface area contributed by atoms with E-state index in [1.54, 1.807) is 0 Å². The monoisotopic (exact) mass is 244 g/mol. The van der Waals surface area contributed by atoms with Crippen molar-refractivity contribution in [2.45, 2.75) is 6.18 Å². The summed E-state index contributed by atoms with van der Waals surface area (Å²) in [6, 6.07) is 1.74. The van der Waals surface area contributed by atoms with Crippen LogP contribution in [0.4, 0.5) is 18.9 Å². The molecule has 78 valence electrons. The van der Waals surface area contributed by atoms with Crippen LogP contribution in [0.1, 0.15) is 5.56 Å². The average molecular weight is 245 g/mol. The summed E-state index contributed by atoms with van der Waals surface area (Å²) in [4.78, 5) is 0. The van der Waals surface area contributed by atoms with Crippen molar-refractivity contribution in [3.63, 3.8) is 0 Å². The summed E-state index contributed by atoms with van der Waals surface area (Å²) in [5.74, 6) is 4.97. The van der Waals surface area contributed by atoms with Gasteiger partial charge in [-0.1, -0.05) is 23.2 Å². The van der Waals surface area contributed by atoms with E-state index >= 15 is 0 Å². The number of halogens is 5. The van der Waals surface area contributed by atoms with Crippen LogP contribution >= 0.6 is 23.2 Å². The third-order valence-corrected chi connectivity index (χ3v) is 2.14. The van der Waals surface area contributed by atoms with Gasteiger partial charge in [0.05, 0.1) is 21.3 Å². The molecule has 0 spiro atoms. The molecule has 0 saturated carbocycles. The first-order chi connectivity index (χ1) is 6.36. The van der Waals surface area contributed by atoms with Crippen LogP contribution in [0.15, 0.2) is 12.1 Å². The SMILES string of the molecule is NNc1cc(C(F)(F)F)c(Cl)cc1Cl. The van der Waals surface area contributed by atoms with Crippen molar-refractivity contribution in [3.05, 3.63) is 27.7 Å². The highest BCUT2D eigenvalue weighted by Crippen LogP contribution is 2.38. The molecule has 0 heterocycles. The third-order valence-electron chi connectivity index (χ3n) is 1.52. The number of hydrogen-bond acceptors (Lipinski definition) is 2. The molecule has 0 aromatic heterocycles. The lowest BCUT2D eigenvalue weighted by molar-refractivity contribution is -0.137. The van der Waals surface area contributed by atoms with Crippen molar-refractivity contribution in [2.24, 2.45) is 5.84 Å². The van der Waals surface area contributed by atoms with Gasteiger partial charge in [0.25, 0.3) is 0 Å². The lowest BCUT2D eigenvalue weighted by Crippen LogP contribution is -2.11. The van der Waals surface area contributed by atoms with Gasteiger partial charge < -0.3 is 5.43 Å². The second-order valence-corrected chi connectivity index (χ2v) is 3.27. The smallest absolute Gasteiger partial charge is 0.323 e. The molecule has 14 heavy (non-hydrogen) atoms. The fraction of sp³-hybridized carbons (Fsp3) is 0.143. The second-order valence-electron chi connectivity index (χ2n) is 2.45. The maximum absolute atomic E-state index is 12.3. The van der Waals surface area contributed by atoms with Crippen molar-refractivity contribution in [3.8, 4) is 0 Å². The highest BCUT2D eigenvalue weighted by molar-refractivity contribution is 6.36. The minimum absolute atomic E-state index is 0.0246. The van der Waals surface area contributed by atoms with Crippen LogP contribution in [-0.4, -0.2) is 0 Å². The maximum Gasteiger partial charge on any atom is 0.417 e. The van der Waals surface area contributed by atoms with E-state index in [4.69, 9.17) is 29.0 Å². The van der Waals surface area contributed by atoms with Gasteiger partial charge in [-0.05, 0) is 12.1 Å². The summed E-state index contributed by atoms with van der Waals surface area (Å²) in [6.07, 6.45) is -4.52. The molecule has 2 nitrogen and oxygen atoms in total. The van der Waals surface area contributed by atoms with Crippen molar-refractivity contribution < 1.29 is 13.2 Å². The van der Waals surface area contributed by atoms with Crippen LogP contribution in [0.3, 0.4) is 0 Å². The standard InChI is InChI=1S/C7H5Cl2F3N2/c8-4-2-5(9)6(14-13)1-3(4)7(10,11)12/h1-2,14H,13H2. The quantitative estimate of drug-likeness (QED) is 0.588. The number of alkyl halides is 3. The molecule has 1 aromatic rings. The highest BCUT2D eigenvalue weighted by Gasteiger charge is 2.33. The minimum atomic E-state index is -4.52. The van der Waals surface area contributed by atoms with Crippen molar-refractivity contribution in [1.82, 2.24) is 0 Å². The van der Waals surface area contributed by atoms with Gasteiger partial charge in [0.1, 0.15) is 0 Å². The Kier molecular flexibility index (Phi) is 3.14. The molecule has 0 radical (unpaired) electrons. The van der Waals surface area contributed by atoms with Gasteiger partial charge >= 0.3 is 6.18 Å². The van der Waals surface area contributed by atoms with Crippen molar-refractivity contribution in [1.29, 1.82) is 0 Å². The topological polar surface area (TPSA) is 38.0 Å². The summed E-state index contributed by atoms with van der Waals surface area (Å²) in [7, 11) is 0. The molecular weight excluding hydrogens is 240 g/mol. The van der Waals surface area contributed by atoms with E-state index < -0.39 is 16.8 Å². The number of nitrogen functional groups attached to an aromatic ring is 1. The zero-order valence-electron chi connectivity index (χ0n) is 6.62. The number of anilines is 1. The Hall–Kier alpha value is -0.650. The first kappa shape index (κ1) is 11.4.